The van der Waals surface area contributed by atoms with Gasteiger partial charge >= 0.3 is 12.0 Å². The van der Waals surface area contributed by atoms with E-state index in [-0.39, 0.29) is 11.9 Å². The summed E-state index contributed by atoms with van der Waals surface area (Å²) in [6, 6.07) is -0.224. The molecule has 1 heterocycles. The number of carbonyl (C=O) groups excluding carboxylic acids is 1. The van der Waals surface area contributed by atoms with Gasteiger partial charge in [-0.15, -0.1) is 0 Å². The van der Waals surface area contributed by atoms with E-state index in [1.807, 2.05) is 0 Å². The minimum atomic E-state index is -1.11. The van der Waals surface area contributed by atoms with Crippen LogP contribution in [0.15, 0.2) is 0 Å². The largest absolute Gasteiger partial charge is 0.480 e. The summed E-state index contributed by atoms with van der Waals surface area (Å²) in [7, 11) is 0. The van der Waals surface area contributed by atoms with E-state index in [1.165, 1.54) is 12.8 Å². The SMILES string of the molecule is CC(NC(=O)N1CCN(CC2CC2)CC1)(C(=O)O)C1CC1. The number of hydrogen-bond donors (Lipinski definition) is 2. The zero-order chi connectivity index (χ0) is 15.0. The van der Waals surface area contributed by atoms with Crippen molar-refractivity contribution in [3.63, 3.8) is 0 Å². The lowest BCUT2D eigenvalue weighted by molar-refractivity contribution is -0.144. The van der Waals surface area contributed by atoms with E-state index in [9.17, 15) is 14.7 Å². The Labute approximate surface area is 125 Å². The third-order valence-electron chi connectivity index (χ3n) is 5.08. The Morgan fingerprint density at radius 1 is 1.14 bits per heavy atom. The fraction of sp³-hybridized carbons (Fsp3) is 0.867. The molecule has 21 heavy (non-hydrogen) atoms. The molecule has 2 N–H and O–H groups in total. The van der Waals surface area contributed by atoms with Crippen molar-refractivity contribution in [2.75, 3.05) is 32.7 Å². The van der Waals surface area contributed by atoms with Gasteiger partial charge in [-0.1, -0.05) is 0 Å². The van der Waals surface area contributed by atoms with Crippen LogP contribution in [-0.4, -0.2) is 65.2 Å². The smallest absolute Gasteiger partial charge is 0.329 e. The van der Waals surface area contributed by atoms with E-state index in [1.54, 1.807) is 11.8 Å². The summed E-state index contributed by atoms with van der Waals surface area (Å²) >= 11 is 0. The zero-order valence-corrected chi connectivity index (χ0v) is 12.7. The van der Waals surface area contributed by atoms with Gasteiger partial charge in [-0.05, 0) is 44.4 Å². The highest BCUT2D eigenvalue weighted by atomic mass is 16.4. The molecule has 0 bridgehead atoms. The van der Waals surface area contributed by atoms with Crippen LogP contribution < -0.4 is 5.32 Å². The molecule has 1 unspecified atom stereocenters. The van der Waals surface area contributed by atoms with E-state index in [4.69, 9.17) is 0 Å². The second-order valence-electron chi connectivity index (χ2n) is 6.94. The van der Waals surface area contributed by atoms with Gasteiger partial charge in [0.2, 0.25) is 0 Å². The summed E-state index contributed by atoms with van der Waals surface area (Å²) in [6.07, 6.45) is 4.47. The van der Waals surface area contributed by atoms with Crippen molar-refractivity contribution < 1.29 is 14.7 Å². The summed E-state index contributed by atoms with van der Waals surface area (Å²) in [4.78, 5) is 28.0. The average Bonchev–Trinajstić information content (AvgIpc) is 3.32. The molecule has 0 spiro atoms. The summed E-state index contributed by atoms with van der Waals surface area (Å²) < 4.78 is 0. The quantitative estimate of drug-likeness (QED) is 0.793. The molecule has 2 saturated carbocycles. The second-order valence-corrected chi connectivity index (χ2v) is 6.94. The number of nitrogens with one attached hydrogen (secondary N) is 1. The van der Waals surface area contributed by atoms with Gasteiger partial charge in [-0.2, -0.15) is 0 Å². The molecule has 3 rings (SSSR count). The molecule has 118 valence electrons. The molecule has 6 nitrogen and oxygen atoms in total. The monoisotopic (exact) mass is 295 g/mol. The summed E-state index contributed by atoms with van der Waals surface area (Å²) in [5.74, 6) is 0.0244. The number of aliphatic carboxylic acids is 1. The lowest BCUT2D eigenvalue weighted by Crippen LogP contribution is -2.60. The maximum absolute atomic E-state index is 12.3. The topological polar surface area (TPSA) is 72.9 Å². The zero-order valence-electron chi connectivity index (χ0n) is 12.7. The first-order valence-corrected chi connectivity index (χ1v) is 8.02. The lowest BCUT2D eigenvalue weighted by atomic mass is 9.96. The number of amides is 2. The maximum Gasteiger partial charge on any atom is 0.329 e. The van der Waals surface area contributed by atoms with Gasteiger partial charge in [-0.25, -0.2) is 9.59 Å². The number of rotatable bonds is 5. The Balaban J connectivity index is 1.50. The molecule has 0 aromatic rings. The highest BCUT2D eigenvalue weighted by Gasteiger charge is 2.49. The fourth-order valence-electron chi connectivity index (χ4n) is 3.09. The first kappa shape index (κ1) is 14.6. The molecule has 1 saturated heterocycles. The molecule has 0 aromatic heterocycles. The van der Waals surface area contributed by atoms with Gasteiger partial charge in [0.25, 0.3) is 0 Å². The number of piperazine rings is 1. The molecular weight excluding hydrogens is 270 g/mol. The van der Waals surface area contributed by atoms with Crippen molar-refractivity contribution in [1.29, 1.82) is 0 Å². The summed E-state index contributed by atoms with van der Waals surface area (Å²) in [5.41, 5.74) is -1.11. The van der Waals surface area contributed by atoms with E-state index >= 15 is 0 Å². The maximum atomic E-state index is 12.3. The standard InChI is InChI=1S/C15H25N3O3/c1-15(13(19)20,12-4-5-12)16-14(21)18-8-6-17(7-9-18)10-11-2-3-11/h11-12H,2-10H2,1H3,(H,16,21)(H,19,20). The molecular formula is C15H25N3O3. The Hall–Kier alpha value is -1.30. The normalized spacial score (nSPS) is 26.2. The Kier molecular flexibility index (Phi) is 3.82. The number of carboxylic acids is 1. The Morgan fingerprint density at radius 3 is 2.24 bits per heavy atom. The van der Waals surface area contributed by atoms with E-state index in [0.717, 1.165) is 38.4 Å². The lowest BCUT2D eigenvalue weighted by Gasteiger charge is -2.37. The van der Waals surface area contributed by atoms with E-state index in [0.29, 0.717) is 13.1 Å². The van der Waals surface area contributed by atoms with Gasteiger partial charge in [0.1, 0.15) is 5.54 Å². The number of carboxylic acid groups (broad SMARTS) is 1. The minimum Gasteiger partial charge on any atom is -0.480 e. The van der Waals surface area contributed by atoms with Crippen LogP contribution in [0, 0.1) is 11.8 Å². The molecule has 0 radical (unpaired) electrons. The van der Waals surface area contributed by atoms with Crippen LogP contribution in [0.1, 0.15) is 32.6 Å². The molecule has 2 amide bonds. The van der Waals surface area contributed by atoms with Crippen molar-refractivity contribution in [2.45, 2.75) is 38.1 Å². The number of nitrogens with zero attached hydrogens (tertiary/aromatic N) is 2. The third-order valence-corrected chi connectivity index (χ3v) is 5.08. The molecule has 3 fully saturated rings. The van der Waals surface area contributed by atoms with Gasteiger partial charge in [-0.3, -0.25) is 4.90 Å². The fourth-order valence-corrected chi connectivity index (χ4v) is 3.09. The van der Waals surface area contributed by atoms with Crippen molar-refractivity contribution >= 4 is 12.0 Å². The summed E-state index contributed by atoms with van der Waals surface area (Å²) in [5, 5.41) is 12.2. The molecule has 0 aromatic carbocycles. The van der Waals surface area contributed by atoms with Crippen molar-refractivity contribution in [3.8, 4) is 0 Å². The molecule has 3 aliphatic rings. The summed E-state index contributed by atoms with van der Waals surface area (Å²) in [6.45, 7) is 5.98. The number of hydrogen-bond acceptors (Lipinski definition) is 3. The Bertz CT molecular complexity index is 426. The molecule has 2 aliphatic carbocycles. The second kappa shape index (κ2) is 5.48. The van der Waals surface area contributed by atoms with Crippen molar-refractivity contribution in [3.05, 3.63) is 0 Å². The predicted molar refractivity (Wildman–Crippen MR) is 78.0 cm³/mol. The van der Waals surface area contributed by atoms with Gasteiger partial charge < -0.3 is 15.3 Å². The highest BCUT2D eigenvalue weighted by Crippen LogP contribution is 2.39. The van der Waals surface area contributed by atoms with E-state index < -0.39 is 11.5 Å². The molecule has 1 aliphatic heterocycles. The van der Waals surface area contributed by atoms with E-state index in [2.05, 4.69) is 10.2 Å². The van der Waals surface area contributed by atoms with Crippen LogP contribution in [0.2, 0.25) is 0 Å². The van der Waals surface area contributed by atoms with Crippen LogP contribution in [0.3, 0.4) is 0 Å². The van der Waals surface area contributed by atoms with Crippen molar-refractivity contribution in [1.82, 2.24) is 15.1 Å². The van der Waals surface area contributed by atoms with Gasteiger partial charge in [0.15, 0.2) is 0 Å². The van der Waals surface area contributed by atoms with Gasteiger partial charge in [0.05, 0.1) is 0 Å². The minimum absolute atomic E-state index is 0.0788. The van der Waals surface area contributed by atoms with Crippen LogP contribution in [0.25, 0.3) is 0 Å². The molecule has 6 heteroatoms. The van der Waals surface area contributed by atoms with Gasteiger partial charge in [0, 0.05) is 32.7 Å². The number of urea groups is 1. The van der Waals surface area contributed by atoms with Crippen molar-refractivity contribution in [2.24, 2.45) is 11.8 Å². The predicted octanol–water partition coefficient (Wildman–Crippen LogP) is 0.977. The third kappa shape index (κ3) is 3.31. The first-order valence-electron chi connectivity index (χ1n) is 8.02. The van der Waals surface area contributed by atoms with Crippen LogP contribution >= 0.6 is 0 Å². The number of carbonyl (C=O) groups is 2. The van der Waals surface area contributed by atoms with Crippen LogP contribution in [0.4, 0.5) is 4.79 Å². The molecule has 1 atom stereocenters. The van der Waals surface area contributed by atoms with Crippen LogP contribution in [0.5, 0.6) is 0 Å². The Morgan fingerprint density at radius 2 is 1.76 bits per heavy atom. The highest BCUT2D eigenvalue weighted by molar-refractivity contribution is 5.86. The first-order chi connectivity index (χ1) is 9.99. The average molecular weight is 295 g/mol. The van der Waals surface area contributed by atoms with Crippen LogP contribution in [-0.2, 0) is 4.79 Å².